The van der Waals surface area contributed by atoms with E-state index in [1.165, 1.54) is 12.8 Å². The number of ether oxygens (including phenoxy) is 1. The van der Waals surface area contributed by atoms with Crippen LogP contribution in [0, 0.1) is 0 Å². The van der Waals surface area contributed by atoms with Crippen molar-refractivity contribution in [3.8, 4) is 5.75 Å². The maximum Gasteiger partial charge on any atom is 0.120 e. The summed E-state index contributed by atoms with van der Waals surface area (Å²) in [5.74, 6) is 2.68. The van der Waals surface area contributed by atoms with Gasteiger partial charge in [0.15, 0.2) is 0 Å². The van der Waals surface area contributed by atoms with Gasteiger partial charge in [-0.1, -0.05) is 19.1 Å². The Kier molecular flexibility index (Phi) is 4.13. The first-order valence-electron chi connectivity index (χ1n) is 5.82. The third-order valence-electron chi connectivity index (χ3n) is 2.55. The van der Waals surface area contributed by atoms with Crippen molar-refractivity contribution < 1.29 is 9.84 Å². The van der Waals surface area contributed by atoms with Gasteiger partial charge in [0.25, 0.3) is 0 Å². The van der Waals surface area contributed by atoms with Crippen LogP contribution in [0.2, 0.25) is 0 Å². The van der Waals surface area contributed by atoms with Gasteiger partial charge in [-0.3, -0.25) is 0 Å². The van der Waals surface area contributed by atoms with Crippen LogP contribution in [-0.2, 0) is 0 Å². The molecule has 0 saturated heterocycles. The molecule has 1 atom stereocenters. The van der Waals surface area contributed by atoms with Gasteiger partial charge in [0.1, 0.15) is 5.75 Å². The van der Waals surface area contributed by atoms with Crippen LogP contribution >= 0.6 is 11.8 Å². The first-order valence-corrected chi connectivity index (χ1v) is 6.97. The van der Waals surface area contributed by atoms with Crippen LogP contribution in [0.1, 0.15) is 31.4 Å². The molecule has 0 radical (unpaired) electrons. The zero-order valence-corrected chi connectivity index (χ0v) is 10.4. The highest BCUT2D eigenvalue weighted by Gasteiger charge is 2.23. The molecule has 1 saturated carbocycles. The van der Waals surface area contributed by atoms with Crippen LogP contribution in [-0.4, -0.2) is 22.7 Å². The molecule has 1 fully saturated rings. The van der Waals surface area contributed by atoms with Gasteiger partial charge in [0.2, 0.25) is 0 Å². The average Bonchev–Trinajstić information content (AvgIpc) is 3.10. The first-order chi connectivity index (χ1) is 7.79. The number of thioether (sulfide) groups is 1. The van der Waals surface area contributed by atoms with E-state index in [1.54, 1.807) is 11.8 Å². The zero-order valence-electron chi connectivity index (χ0n) is 9.56. The van der Waals surface area contributed by atoms with Crippen molar-refractivity contribution >= 4 is 11.8 Å². The van der Waals surface area contributed by atoms with Crippen molar-refractivity contribution in [2.45, 2.75) is 32.0 Å². The molecule has 1 aliphatic rings. The summed E-state index contributed by atoms with van der Waals surface area (Å²) in [5, 5.41) is 9.95. The summed E-state index contributed by atoms with van der Waals surface area (Å²) >= 11 is 1.75. The predicted octanol–water partition coefficient (Wildman–Crippen LogP) is 3.01. The third-order valence-corrected chi connectivity index (χ3v) is 3.51. The number of rotatable bonds is 6. The molecule has 3 heteroatoms. The molecule has 1 aromatic rings. The molecule has 1 aromatic carbocycles. The lowest BCUT2D eigenvalue weighted by molar-refractivity contribution is 0.203. The molecule has 0 heterocycles. The average molecular weight is 238 g/mol. The largest absolute Gasteiger partial charge is 0.490 e. The molecule has 0 spiro atoms. The molecule has 88 valence electrons. The minimum absolute atomic E-state index is 0.382. The van der Waals surface area contributed by atoms with Gasteiger partial charge in [-0.25, -0.2) is 0 Å². The van der Waals surface area contributed by atoms with E-state index in [0.29, 0.717) is 6.10 Å². The second kappa shape index (κ2) is 5.60. The van der Waals surface area contributed by atoms with E-state index in [1.807, 2.05) is 24.3 Å². The SMILES string of the molecule is CCSCC(O)c1cccc(OC2CC2)c1. The highest BCUT2D eigenvalue weighted by Crippen LogP contribution is 2.28. The summed E-state index contributed by atoms with van der Waals surface area (Å²) < 4.78 is 5.70. The van der Waals surface area contributed by atoms with E-state index in [0.717, 1.165) is 22.8 Å². The van der Waals surface area contributed by atoms with Gasteiger partial charge in [-0.05, 0) is 36.3 Å². The standard InChI is InChI=1S/C13H18O2S/c1-2-16-9-13(14)10-4-3-5-12(8-10)15-11-6-7-11/h3-5,8,11,13-14H,2,6-7,9H2,1H3. The molecule has 0 aliphatic heterocycles. The Labute approximate surface area is 101 Å². The van der Waals surface area contributed by atoms with Gasteiger partial charge in [0, 0.05) is 5.75 Å². The normalized spacial score (nSPS) is 17.1. The fourth-order valence-electron chi connectivity index (χ4n) is 1.50. The molecule has 1 unspecified atom stereocenters. The second-order valence-electron chi connectivity index (χ2n) is 4.06. The summed E-state index contributed by atoms with van der Waals surface area (Å²) in [6.07, 6.45) is 2.36. The summed E-state index contributed by atoms with van der Waals surface area (Å²) in [7, 11) is 0. The van der Waals surface area contributed by atoms with Crippen molar-refractivity contribution in [1.29, 1.82) is 0 Å². The maximum absolute atomic E-state index is 9.95. The van der Waals surface area contributed by atoms with Gasteiger partial charge in [-0.2, -0.15) is 11.8 Å². The summed E-state index contributed by atoms with van der Waals surface area (Å²) in [5.41, 5.74) is 0.958. The molecule has 2 rings (SSSR count). The van der Waals surface area contributed by atoms with Crippen molar-refractivity contribution in [3.05, 3.63) is 29.8 Å². The molecule has 0 amide bonds. The number of aliphatic hydroxyl groups excluding tert-OH is 1. The molecule has 2 nitrogen and oxygen atoms in total. The number of benzene rings is 1. The van der Waals surface area contributed by atoms with E-state index in [9.17, 15) is 5.11 Å². The van der Waals surface area contributed by atoms with Gasteiger partial charge in [-0.15, -0.1) is 0 Å². The number of hydrogen-bond donors (Lipinski definition) is 1. The number of aliphatic hydroxyl groups is 1. The van der Waals surface area contributed by atoms with Crippen molar-refractivity contribution in [2.75, 3.05) is 11.5 Å². The fraction of sp³-hybridized carbons (Fsp3) is 0.538. The molecule has 16 heavy (non-hydrogen) atoms. The van der Waals surface area contributed by atoms with Crippen LogP contribution in [0.3, 0.4) is 0 Å². The molecule has 1 N–H and O–H groups in total. The van der Waals surface area contributed by atoms with Gasteiger partial charge >= 0.3 is 0 Å². The van der Waals surface area contributed by atoms with Crippen LogP contribution in [0.4, 0.5) is 0 Å². The second-order valence-corrected chi connectivity index (χ2v) is 5.38. The monoisotopic (exact) mass is 238 g/mol. The van der Waals surface area contributed by atoms with Crippen LogP contribution in [0.25, 0.3) is 0 Å². The van der Waals surface area contributed by atoms with Crippen molar-refractivity contribution in [2.24, 2.45) is 0 Å². The molecular weight excluding hydrogens is 220 g/mol. The molecule has 0 aromatic heterocycles. The highest BCUT2D eigenvalue weighted by atomic mass is 32.2. The summed E-state index contributed by atoms with van der Waals surface area (Å²) in [4.78, 5) is 0. The lowest BCUT2D eigenvalue weighted by Crippen LogP contribution is -2.02. The Morgan fingerprint density at radius 2 is 2.31 bits per heavy atom. The molecule has 1 aliphatic carbocycles. The highest BCUT2D eigenvalue weighted by molar-refractivity contribution is 7.99. The smallest absolute Gasteiger partial charge is 0.120 e. The Morgan fingerprint density at radius 3 is 3.00 bits per heavy atom. The van der Waals surface area contributed by atoms with Crippen LogP contribution in [0.5, 0.6) is 5.75 Å². The van der Waals surface area contributed by atoms with Gasteiger partial charge < -0.3 is 9.84 Å². The minimum atomic E-state index is -0.382. The van der Waals surface area contributed by atoms with Crippen LogP contribution < -0.4 is 4.74 Å². The Bertz CT molecular complexity index is 336. The first kappa shape index (κ1) is 11.8. The van der Waals surface area contributed by atoms with E-state index in [4.69, 9.17) is 4.74 Å². The maximum atomic E-state index is 9.95. The van der Waals surface area contributed by atoms with E-state index < -0.39 is 0 Å². The summed E-state index contributed by atoms with van der Waals surface area (Å²) in [6.45, 7) is 2.10. The van der Waals surface area contributed by atoms with E-state index in [-0.39, 0.29) is 6.10 Å². The topological polar surface area (TPSA) is 29.5 Å². The zero-order chi connectivity index (χ0) is 11.4. The predicted molar refractivity (Wildman–Crippen MR) is 68.1 cm³/mol. The minimum Gasteiger partial charge on any atom is -0.490 e. The Balaban J connectivity index is 1.96. The van der Waals surface area contributed by atoms with Crippen molar-refractivity contribution in [1.82, 2.24) is 0 Å². The quantitative estimate of drug-likeness (QED) is 0.826. The number of hydrogen-bond acceptors (Lipinski definition) is 3. The lowest BCUT2D eigenvalue weighted by atomic mass is 10.1. The molecule has 0 bridgehead atoms. The Morgan fingerprint density at radius 1 is 1.50 bits per heavy atom. The summed E-state index contributed by atoms with van der Waals surface area (Å²) in [6, 6.07) is 7.83. The van der Waals surface area contributed by atoms with Gasteiger partial charge in [0.05, 0.1) is 12.2 Å². The lowest BCUT2D eigenvalue weighted by Gasteiger charge is -2.12. The van der Waals surface area contributed by atoms with Crippen molar-refractivity contribution in [3.63, 3.8) is 0 Å². The Hall–Kier alpha value is -0.670. The third kappa shape index (κ3) is 3.42. The van der Waals surface area contributed by atoms with E-state index in [2.05, 4.69) is 6.92 Å². The van der Waals surface area contributed by atoms with E-state index >= 15 is 0 Å². The van der Waals surface area contributed by atoms with Crippen LogP contribution in [0.15, 0.2) is 24.3 Å². The molecular formula is C13H18O2S. The fourth-order valence-corrected chi connectivity index (χ4v) is 2.15.